The van der Waals surface area contributed by atoms with Crippen LogP contribution < -0.4 is 5.11 Å². The first kappa shape index (κ1) is 15.0. The largest absolute Gasteiger partial charge is 0.872 e. The quantitative estimate of drug-likeness (QED) is 0.794. The Balaban J connectivity index is 1.97. The van der Waals surface area contributed by atoms with E-state index >= 15 is 0 Å². The molecule has 0 aliphatic rings. The number of aromatic carboxylic acids is 1. The first-order valence-electron chi connectivity index (χ1n) is 6.88. The van der Waals surface area contributed by atoms with Crippen molar-refractivity contribution in [2.45, 2.75) is 0 Å². The Morgan fingerprint density at radius 3 is 2.57 bits per heavy atom. The molecule has 0 atom stereocenters. The number of nitrogens with zero attached hydrogens (tertiary/aromatic N) is 1. The number of carboxylic acid groups (broad SMARTS) is 1. The van der Waals surface area contributed by atoms with Crippen molar-refractivity contribution in [3.05, 3.63) is 70.0 Å². The van der Waals surface area contributed by atoms with Crippen molar-refractivity contribution >= 4 is 29.5 Å². The van der Waals surface area contributed by atoms with Crippen molar-refractivity contribution in [2.75, 3.05) is 0 Å². The molecule has 0 saturated heterocycles. The second-order valence-electron chi connectivity index (χ2n) is 4.81. The Hall–Kier alpha value is -2.92. The second kappa shape index (κ2) is 6.46. The Bertz CT molecular complexity index is 869. The van der Waals surface area contributed by atoms with Crippen LogP contribution in [-0.2, 0) is 0 Å². The predicted molar refractivity (Wildman–Crippen MR) is 89.3 cm³/mol. The topological polar surface area (TPSA) is 73.2 Å². The van der Waals surface area contributed by atoms with E-state index in [4.69, 9.17) is 0 Å². The van der Waals surface area contributed by atoms with Crippen molar-refractivity contribution in [3.63, 3.8) is 0 Å². The monoisotopic (exact) mass is 322 g/mol. The van der Waals surface area contributed by atoms with E-state index in [9.17, 15) is 15.0 Å². The Morgan fingerprint density at radius 2 is 1.87 bits per heavy atom. The molecule has 5 heteroatoms. The van der Waals surface area contributed by atoms with Gasteiger partial charge in [0.25, 0.3) is 0 Å². The third-order valence-corrected chi connectivity index (χ3v) is 4.17. The van der Waals surface area contributed by atoms with E-state index in [1.54, 1.807) is 18.2 Å². The van der Waals surface area contributed by atoms with E-state index in [0.717, 1.165) is 22.5 Å². The predicted octanol–water partition coefficient (Wildman–Crippen LogP) is 3.75. The molecule has 0 aliphatic carbocycles. The highest BCUT2D eigenvalue weighted by atomic mass is 32.1. The van der Waals surface area contributed by atoms with Gasteiger partial charge in [0.1, 0.15) is 9.88 Å². The third-order valence-electron chi connectivity index (χ3n) is 3.16. The van der Waals surface area contributed by atoms with Crippen LogP contribution in [0.2, 0.25) is 0 Å². The van der Waals surface area contributed by atoms with E-state index < -0.39 is 5.97 Å². The first-order valence-corrected chi connectivity index (χ1v) is 7.70. The summed E-state index contributed by atoms with van der Waals surface area (Å²) >= 11 is 1.11. The molecule has 1 N–H and O–H groups in total. The maximum Gasteiger partial charge on any atom is 0.348 e. The van der Waals surface area contributed by atoms with Crippen LogP contribution in [0.1, 0.15) is 20.2 Å². The lowest BCUT2D eigenvalue weighted by atomic mass is 10.1. The highest BCUT2D eigenvalue weighted by Crippen LogP contribution is 2.29. The summed E-state index contributed by atoms with van der Waals surface area (Å²) in [5.74, 6) is -1.06. The van der Waals surface area contributed by atoms with Gasteiger partial charge in [-0.15, -0.1) is 17.1 Å². The van der Waals surface area contributed by atoms with Gasteiger partial charge in [-0.05, 0) is 11.6 Å². The summed E-state index contributed by atoms with van der Waals surface area (Å²) in [5.41, 5.74) is 1.98. The van der Waals surface area contributed by atoms with Crippen molar-refractivity contribution in [1.29, 1.82) is 0 Å². The molecule has 2 aromatic carbocycles. The molecule has 114 valence electrons. The Morgan fingerprint density at radius 1 is 1.09 bits per heavy atom. The minimum absolute atomic E-state index is 0.0671. The number of rotatable bonds is 4. The van der Waals surface area contributed by atoms with Gasteiger partial charge in [-0.1, -0.05) is 60.7 Å². The fourth-order valence-electron chi connectivity index (χ4n) is 2.13. The number of carboxylic acids is 1. The van der Waals surface area contributed by atoms with E-state index in [1.807, 2.05) is 36.4 Å². The van der Waals surface area contributed by atoms with Crippen LogP contribution >= 0.6 is 11.3 Å². The fourth-order valence-corrected chi connectivity index (χ4v) is 2.96. The summed E-state index contributed by atoms with van der Waals surface area (Å²) < 4.78 is 0. The van der Waals surface area contributed by atoms with Crippen LogP contribution in [0.3, 0.4) is 0 Å². The molecule has 23 heavy (non-hydrogen) atoms. The van der Waals surface area contributed by atoms with Gasteiger partial charge >= 0.3 is 5.97 Å². The molecule has 0 spiro atoms. The van der Waals surface area contributed by atoms with Crippen LogP contribution in [0.4, 0.5) is 0 Å². The van der Waals surface area contributed by atoms with Crippen LogP contribution in [0, 0.1) is 0 Å². The minimum atomic E-state index is -0.998. The molecule has 3 rings (SSSR count). The number of hydrogen-bond acceptors (Lipinski definition) is 4. The summed E-state index contributed by atoms with van der Waals surface area (Å²) in [7, 11) is 0. The van der Waals surface area contributed by atoms with Crippen LogP contribution in [-0.4, -0.2) is 16.1 Å². The summed E-state index contributed by atoms with van der Waals surface area (Å²) in [5, 5.41) is 21.3. The van der Waals surface area contributed by atoms with Gasteiger partial charge in [-0.25, -0.2) is 9.78 Å². The molecule has 0 amide bonds. The van der Waals surface area contributed by atoms with E-state index in [2.05, 4.69) is 4.98 Å². The van der Waals surface area contributed by atoms with Crippen molar-refractivity contribution in [1.82, 2.24) is 4.98 Å². The highest BCUT2D eigenvalue weighted by molar-refractivity contribution is 7.15. The first-order chi connectivity index (χ1) is 11.1. The Kier molecular flexibility index (Phi) is 4.21. The molecule has 1 heterocycles. The molecule has 0 unspecified atom stereocenters. The molecular weight excluding hydrogens is 310 g/mol. The van der Waals surface area contributed by atoms with E-state index in [1.165, 1.54) is 12.1 Å². The zero-order chi connectivity index (χ0) is 16.2. The number of carbonyl (C=O) groups is 1. The SMILES string of the molecule is O=C(O)c1sc(/C=C/c2cccc([O-])c2)nc1-c1ccccc1. The average Bonchev–Trinajstić information content (AvgIpc) is 2.98. The van der Waals surface area contributed by atoms with Crippen LogP contribution in [0.25, 0.3) is 23.4 Å². The maximum absolute atomic E-state index is 11.4. The van der Waals surface area contributed by atoms with Crippen molar-refractivity contribution in [2.24, 2.45) is 0 Å². The van der Waals surface area contributed by atoms with Crippen molar-refractivity contribution in [3.8, 4) is 17.0 Å². The van der Waals surface area contributed by atoms with E-state index in [0.29, 0.717) is 10.7 Å². The zero-order valence-corrected chi connectivity index (χ0v) is 12.8. The third kappa shape index (κ3) is 3.46. The molecule has 4 nitrogen and oxygen atoms in total. The molecule has 3 aromatic rings. The summed E-state index contributed by atoms with van der Waals surface area (Å²) in [4.78, 5) is 16.0. The lowest BCUT2D eigenvalue weighted by Gasteiger charge is -2.03. The average molecular weight is 322 g/mol. The number of aromatic nitrogens is 1. The van der Waals surface area contributed by atoms with Gasteiger partial charge in [-0.2, -0.15) is 0 Å². The van der Waals surface area contributed by atoms with Gasteiger partial charge in [0, 0.05) is 5.56 Å². The van der Waals surface area contributed by atoms with Crippen LogP contribution in [0.5, 0.6) is 5.75 Å². The number of thiazole rings is 1. The molecule has 0 radical (unpaired) electrons. The molecule has 1 aromatic heterocycles. The molecule has 0 bridgehead atoms. The molecule has 0 fully saturated rings. The van der Waals surface area contributed by atoms with Gasteiger partial charge < -0.3 is 10.2 Å². The fraction of sp³-hybridized carbons (Fsp3) is 0. The summed E-state index contributed by atoms with van der Waals surface area (Å²) in [6.45, 7) is 0. The number of benzene rings is 2. The summed E-state index contributed by atoms with van der Waals surface area (Å²) in [6, 6.07) is 15.7. The minimum Gasteiger partial charge on any atom is -0.872 e. The molecule has 0 aliphatic heterocycles. The summed E-state index contributed by atoms with van der Waals surface area (Å²) in [6.07, 6.45) is 3.47. The standard InChI is InChI=1S/C18H13NO3S/c20-14-8-4-5-12(11-14)9-10-15-19-16(17(23-15)18(21)22)13-6-2-1-3-7-13/h1-11,20H,(H,21,22)/p-1/b10-9+. The van der Waals surface area contributed by atoms with Crippen molar-refractivity contribution < 1.29 is 15.0 Å². The molecule has 0 saturated carbocycles. The van der Waals surface area contributed by atoms with Gasteiger partial charge in [0.15, 0.2) is 0 Å². The van der Waals surface area contributed by atoms with Gasteiger partial charge in [0.05, 0.1) is 5.69 Å². The lowest BCUT2D eigenvalue weighted by Crippen LogP contribution is -1.95. The number of hydrogen-bond donors (Lipinski definition) is 1. The Labute approximate surface area is 137 Å². The smallest absolute Gasteiger partial charge is 0.348 e. The highest BCUT2D eigenvalue weighted by Gasteiger charge is 2.17. The maximum atomic E-state index is 11.4. The zero-order valence-electron chi connectivity index (χ0n) is 12.0. The second-order valence-corrected chi connectivity index (χ2v) is 5.84. The van der Waals surface area contributed by atoms with E-state index in [-0.39, 0.29) is 10.6 Å². The van der Waals surface area contributed by atoms with Crippen LogP contribution in [0.15, 0.2) is 54.6 Å². The van der Waals surface area contributed by atoms with Gasteiger partial charge in [0.2, 0.25) is 0 Å². The van der Waals surface area contributed by atoms with Gasteiger partial charge in [-0.3, -0.25) is 0 Å². The normalized spacial score (nSPS) is 11.0. The molecular formula is C18H12NO3S-. The lowest BCUT2D eigenvalue weighted by molar-refractivity contribution is -0.268.